The van der Waals surface area contributed by atoms with Gasteiger partial charge < -0.3 is 15.7 Å². The standard InChI is InChI=1S/C9H18N2O/c1-7-2-3-8(11-4-7)9(12)5-10-6-9/h7-8,10-12H,2-6H2,1H3. The first-order valence-electron chi connectivity index (χ1n) is 4.87. The zero-order chi connectivity index (χ0) is 8.60. The lowest BCUT2D eigenvalue weighted by atomic mass is 9.81. The van der Waals surface area contributed by atoms with Gasteiger partial charge in [0.2, 0.25) is 0 Å². The van der Waals surface area contributed by atoms with Crippen LogP contribution in [-0.4, -0.2) is 36.4 Å². The first-order chi connectivity index (χ1) is 5.71. The van der Waals surface area contributed by atoms with E-state index in [1.807, 2.05) is 0 Å². The van der Waals surface area contributed by atoms with Crippen LogP contribution in [0.2, 0.25) is 0 Å². The van der Waals surface area contributed by atoms with Crippen molar-refractivity contribution in [2.45, 2.75) is 31.4 Å². The molecule has 0 aromatic rings. The highest BCUT2D eigenvalue weighted by Gasteiger charge is 2.42. The van der Waals surface area contributed by atoms with Crippen molar-refractivity contribution in [2.75, 3.05) is 19.6 Å². The summed E-state index contributed by atoms with van der Waals surface area (Å²) >= 11 is 0. The van der Waals surface area contributed by atoms with Crippen LogP contribution >= 0.6 is 0 Å². The van der Waals surface area contributed by atoms with Crippen molar-refractivity contribution < 1.29 is 5.11 Å². The fourth-order valence-electron chi connectivity index (χ4n) is 2.08. The Hall–Kier alpha value is -0.120. The summed E-state index contributed by atoms with van der Waals surface area (Å²) in [5.74, 6) is 0.776. The third-order valence-electron chi connectivity index (χ3n) is 3.17. The predicted molar refractivity (Wildman–Crippen MR) is 48.0 cm³/mol. The number of hydrogen-bond acceptors (Lipinski definition) is 3. The van der Waals surface area contributed by atoms with Gasteiger partial charge in [0.15, 0.2) is 0 Å². The summed E-state index contributed by atoms with van der Waals surface area (Å²) in [6, 6.07) is 0.329. The maximum absolute atomic E-state index is 10.00. The van der Waals surface area contributed by atoms with Gasteiger partial charge in [-0.3, -0.25) is 0 Å². The Morgan fingerprint density at radius 2 is 2.08 bits per heavy atom. The highest BCUT2D eigenvalue weighted by Crippen LogP contribution is 2.24. The lowest BCUT2D eigenvalue weighted by molar-refractivity contribution is -0.0524. The van der Waals surface area contributed by atoms with Crippen molar-refractivity contribution in [1.29, 1.82) is 0 Å². The second kappa shape index (κ2) is 2.98. The first-order valence-corrected chi connectivity index (χ1v) is 4.87. The molecule has 3 heteroatoms. The summed E-state index contributed by atoms with van der Waals surface area (Å²) in [6.07, 6.45) is 2.37. The van der Waals surface area contributed by atoms with Crippen molar-refractivity contribution in [3.63, 3.8) is 0 Å². The average molecular weight is 170 g/mol. The minimum Gasteiger partial charge on any atom is -0.386 e. The monoisotopic (exact) mass is 170 g/mol. The summed E-state index contributed by atoms with van der Waals surface area (Å²) < 4.78 is 0. The van der Waals surface area contributed by atoms with E-state index in [9.17, 15) is 5.11 Å². The van der Waals surface area contributed by atoms with E-state index < -0.39 is 5.60 Å². The van der Waals surface area contributed by atoms with E-state index in [2.05, 4.69) is 17.6 Å². The molecular weight excluding hydrogens is 152 g/mol. The minimum atomic E-state index is -0.444. The Morgan fingerprint density at radius 1 is 1.33 bits per heavy atom. The van der Waals surface area contributed by atoms with E-state index >= 15 is 0 Å². The molecule has 0 saturated carbocycles. The summed E-state index contributed by atoms with van der Waals surface area (Å²) in [5.41, 5.74) is -0.444. The third-order valence-corrected chi connectivity index (χ3v) is 3.17. The van der Waals surface area contributed by atoms with Crippen LogP contribution in [0.1, 0.15) is 19.8 Å². The van der Waals surface area contributed by atoms with Gasteiger partial charge in [-0.25, -0.2) is 0 Å². The molecule has 12 heavy (non-hydrogen) atoms. The van der Waals surface area contributed by atoms with Gasteiger partial charge in [-0.2, -0.15) is 0 Å². The van der Waals surface area contributed by atoms with Crippen molar-refractivity contribution in [2.24, 2.45) is 5.92 Å². The molecule has 0 radical (unpaired) electrons. The molecule has 0 aliphatic carbocycles. The number of nitrogens with one attached hydrogen (secondary N) is 2. The van der Waals surface area contributed by atoms with E-state index in [0.717, 1.165) is 32.0 Å². The zero-order valence-corrected chi connectivity index (χ0v) is 7.64. The van der Waals surface area contributed by atoms with Gasteiger partial charge in [0, 0.05) is 19.1 Å². The molecule has 2 rings (SSSR count). The molecule has 0 spiro atoms. The number of hydrogen-bond donors (Lipinski definition) is 3. The van der Waals surface area contributed by atoms with Crippen LogP contribution in [0, 0.1) is 5.92 Å². The lowest BCUT2D eigenvalue weighted by Gasteiger charge is -2.46. The van der Waals surface area contributed by atoms with Gasteiger partial charge in [0.25, 0.3) is 0 Å². The van der Waals surface area contributed by atoms with E-state index in [-0.39, 0.29) is 0 Å². The van der Waals surface area contributed by atoms with E-state index in [1.54, 1.807) is 0 Å². The van der Waals surface area contributed by atoms with Crippen LogP contribution in [0.4, 0.5) is 0 Å². The van der Waals surface area contributed by atoms with E-state index in [4.69, 9.17) is 0 Å². The fourth-order valence-corrected chi connectivity index (χ4v) is 2.08. The largest absolute Gasteiger partial charge is 0.386 e. The quantitative estimate of drug-likeness (QED) is 0.506. The molecule has 2 atom stereocenters. The van der Waals surface area contributed by atoms with E-state index in [1.165, 1.54) is 6.42 Å². The number of rotatable bonds is 1. The SMILES string of the molecule is CC1CCC(C2(O)CNC2)NC1. The molecule has 2 fully saturated rings. The summed E-state index contributed by atoms with van der Waals surface area (Å²) in [7, 11) is 0. The molecule has 3 N–H and O–H groups in total. The molecule has 2 aliphatic rings. The van der Waals surface area contributed by atoms with Crippen LogP contribution in [0.25, 0.3) is 0 Å². The molecule has 2 unspecified atom stereocenters. The first kappa shape index (κ1) is 8.48. The van der Waals surface area contributed by atoms with Crippen molar-refractivity contribution in [1.82, 2.24) is 10.6 Å². The number of β-amino-alcohol motifs (C(OH)–C–C–N with tert-alkyl or cyclic N) is 1. The molecule has 2 aliphatic heterocycles. The summed E-state index contributed by atoms with van der Waals surface area (Å²) in [5, 5.41) is 16.5. The van der Waals surface area contributed by atoms with Crippen LogP contribution in [0.3, 0.4) is 0 Å². The summed E-state index contributed by atoms with van der Waals surface area (Å²) in [4.78, 5) is 0. The van der Waals surface area contributed by atoms with Gasteiger partial charge in [-0.05, 0) is 25.3 Å². The van der Waals surface area contributed by atoms with Crippen molar-refractivity contribution in [3.8, 4) is 0 Å². The molecule has 0 amide bonds. The van der Waals surface area contributed by atoms with Gasteiger partial charge in [0.1, 0.15) is 5.60 Å². The average Bonchev–Trinajstić information content (AvgIpc) is 2.02. The predicted octanol–water partition coefficient (Wildman–Crippen LogP) is -0.291. The molecular formula is C9H18N2O. The maximum Gasteiger partial charge on any atom is 0.105 e. The highest BCUT2D eigenvalue weighted by atomic mass is 16.3. The molecule has 0 aromatic carbocycles. The molecule has 0 bridgehead atoms. The fraction of sp³-hybridized carbons (Fsp3) is 1.00. The molecule has 70 valence electrons. The Balaban J connectivity index is 1.88. The summed E-state index contributed by atoms with van der Waals surface area (Å²) in [6.45, 7) is 4.84. The highest BCUT2D eigenvalue weighted by molar-refractivity contribution is 5.03. The Bertz CT molecular complexity index is 160. The Morgan fingerprint density at radius 3 is 2.50 bits per heavy atom. The molecule has 3 nitrogen and oxygen atoms in total. The van der Waals surface area contributed by atoms with Crippen molar-refractivity contribution in [3.05, 3.63) is 0 Å². The normalized spacial score (nSPS) is 40.5. The second-order valence-electron chi connectivity index (χ2n) is 4.35. The van der Waals surface area contributed by atoms with Gasteiger partial charge >= 0.3 is 0 Å². The molecule has 0 aromatic heterocycles. The van der Waals surface area contributed by atoms with Crippen LogP contribution in [-0.2, 0) is 0 Å². The smallest absolute Gasteiger partial charge is 0.105 e. The minimum absolute atomic E-state index is 0.329. The van der Waals surface area contributed by atoms with Crippen LogP contribution in [0.15, 0.2) is 0 Å². The van der Waals surface area contributed by atoms with Gasteiger partial charge in [-0.15, -0.1) is 0 Å². The Kier molecular flexibility index (Phi) is 2.10. The maximum atomic E-state index is 10.00. The third kappa shape index (κ3) is 1.37. The van der Waals surface area contributed by atoms with Crippen LogP contribution < -0.4 is 10.6 Å². The van der Waals surface area contributed by atoms with Crippen LogP contribution in [0.5, 0.6) is 0 Å². The molecule has 2 saturated heterocycles. The van der Waals surface area contributed by atoms with Gasteiger partial charge in [-0.1, -0.05) is 6.92 Å². The zero-order valence-electron chi connectivity index (χ0n) is 7.64. The number of piperidine rings is 1. The second-order valence-corrected chi connectivity index (χ2v) is 4.35. The van der Waals surface area contributed by atoms with Gasteiger partial charge in [0.05, 0.1) is 0 Å². The van der Waals surface area contributed by atoms with Crippen molar-refractivity contribution >= 4 is 0 Å². The lowest BCUT2D eigenvalue weighted by Crippen LogP contribution is -2.70. The molecule has 2 heterocycles. The Labute approximate surface area is 73.5 Å². The van der Waals surface area contributed by atoms with E-state index in [0.29, 0.717) is 6.04 Å². The number of aliphatic hydroxyl groups is 1. The topological polar surface area (TPSA) is 44.3 Å².